The number of rotatable bonds is 6. The third kappa shape index (κ3) is 5.36. The zero-order chi connectivity index (χ0) is 15.1. The highest BCUT2D eigenvalue weighted by Gasteiger charge is 2.21. The van der Waals surface area contributed by atoms with Crippen LogP contribution in [0.15, 0.2) is 24.3 Å². The molecule has 1 aliphatic heterocycles. The van der Waals surface area contributed by atoms with Crippen molar-refractivity contribution < 1.29 is 19.0 Å². The number of halogens is 1. The molecule has 1 saturated heterocycles. The van der Waals surface area contributed by atoms with Crippen LogP contribution in [0, 0.1) is 0 Å². The number of morpholine rings is 1. The summed E-state index contributed by atoms with van der Waals surface area (Å²) < 4.78 is 16.3. The molecule has 0 aromatic heterocycles. The van der Waals surface area contributed by atoms with E-state index in [1.165, 1.54) is 0 Å². The minimum absolute atomic E-state index is 0. The van der Waals surface area contributed by atoms with Gasteiger partial charge in [-0.25, -0.2) is 0 Å². The van der Waals surface area contributed by atoms with Gasteiger partial charge in [0.2, 0.25) is 5.91 Å². The molecule has 0 radical (unpaired) electrons. The average Bonchev–Trinajstić information content (AvgIpc) is 2.54. The second-order valence-corrected chi connectivity index (χ2v) is 4.91. The minimum atomic E-state index is -0.280. The lowest BCUT2D eigenvalue weighted by Gasteiger charge is -2.24. The van der Waals surface area contributed by atoms with Crippen LogP contribution in [0.2, 0.25) is 0 Å². The van der Waals surface area contributed by atoms with Gasteiger partial charge in [-0.1, -0.05) is 12.1 Å². The van der Waals surface area contributed by atoms with Crippen molar-refractivity contribution >= 4 is 18.3 Å². The SMILES string of the molecule is COc1ccccc1OC(C)CNC(=O)C1COCCN1.Cl. The van der Waals surface area contributed by atoms with Crippen molar-refractivity contribution in [1.82, 2.24) is 10.6 Å². The van der Waals surface area contributed by atoms with E-state index in [1.807, 2.05) is 31.2 Å². The molecule has 1 aromatic carbocycles. The van der Waals surface area contributed by atoms with Crippen LogP contribution in [0.3, 0.4) is 0 Å². The Hall–Kier alpha value is -1.50. The first-order valence-corrected chi connectivity index (χ1v) is 7.09. The maximum atomic E-state index is 11.9. The number of hydrogen-bond acceptors (Lipinski definition) is 5. The Morgan fingerprint density at radius 2 is 2.18 bits per heavy atom. The molecule has 1 amide bonds. The van der Waals surface area contributed by atoms with Gasteiger partial charge in [-0.15, -0.1) is 12.4 Å². The monoisotopic (exact) mass is 330 g/mol. The van der Waals surface area contributed by atoms with E-state index in [0.29, 0.717) is 37.8 Å². The fourth-order valence-electron chi connectivity index (χ4n) is 2.08. The number of nitrogens with one attached hydrogen (secondary N) is 2. The van der Waals surface area contributed by atoms with Gasteiger partial charge in [0.1, 0.15) is 12.1 Å². The Bertz CT molecular complexity index is 467. The van der Waals surface area contributed by atoms with Crippen molar-refractivity contribution in [2.45, 2.75) is 19.1 Å². The summed E-state index contributed by atoms with van der Waals surface area (Å²) in [5, 5.41) is 5.98. The molecule has 0 spiro atoms. The van der Waals surface area contributed by atoms with Gasteiger partial charge in [0.25, 0.3) is 0 Å². The van der Waals surface area contributed by atoms with Crippen LogP contribution in [-0.4, -0.2) is 51.5 Å². The summed E-state index contributed by atoms with van der Waals surface area (Å²) in [6.07, 6.45) is -0.158. The van der Waals surface area contributed by atoms with Crippen molar-refractivity contribution in [2.75, 3.05) is 33.4 Å². The van der Waals surface area contributed by atoms with Crippen LogP contribution in [-0.2, 0) is 9.53 Å². The average molecular weight is 331 g/mol. The molecule has 0 bridgehead atoms. The molecule has 1 fully saturated rings. The smallest absolute Gasteiger partial charge is 0.239 e. The van der Waals surface area contributed by atoms with Gasteiger partial charge in [0.05, 0.1) is 26.9 Å². The molecular weight excluding hydrogens is 308 g/mol. The van der Waals surface area contributed by atoms with Gasteiger partial charge >= 0.3 is 0 Å². The number of para-hydroxylation sites is 2. The number of carbonyl (C=O) groups is 1. The molecule has 2 rings (SSSR count). The summed E-state index contributed by atoms with van der Waals surface area (Å²) in [6, 6.07) is 7.16. The van der Waals surface area contributed by atoms with E-state index in [-0.39, 0.29) is 30.5 Å². The molecule has 2 N–H and O–H groups in total. The number of methoxy groups -OCH3 is 1. The van der Waals surface area contributed by atoms with E-state index < -0.39 is 0 Å². The Kier molecular flexibility index (Phi) is 8.01. The summed E-state index contributed by atoms with van der Waals surface area (Å²) in [5.74, 6) is 1.28. The molecule has 1 aliphatic rings. The predicted molar refractivity (Wildman–Crippen MR) is 86.0 cm³/mol. The molecule has 7 heteroatoms. The molecule has 2 unspecified atom stereocenters. The molecule has 2 atom stereocenters. The van der Waals surface area contributed by atoms with Gasteiger partial charge in [-0.3, -0.25) is 4.79 Å². The minimum Gasteiger partial charge on any atom is -0.493 e. The van der Waals surface area contributed by atoms with Crippen LogP contribution in [0.25, 0.3) is 0 Å². The second-order valence-electron chi connectivity index (χ2n) is 4.91. The molecule has 22 heavy (non-hydrogen) atoms. The Balaban J connectivity index is 0.00000242. The number of carbonyl (C=O) groups excluding carboxylic acids is 1. The predicted octanol–water partition coefficient (Wildman–Crippen LogP) is 0.989. The van der Waals surface area contributed by atoms with Crippen LogP contribution >= 0.6 is 12.4 Å². The number of ether oxygens (including phenoxy) is 3. The van der Waals surface area contributed by atoms with E-state index in [9.17, 15) is 4.79 Å². The van der Waals surface area contributed by atoms with Crippen molar-refractivity contribution in [2.24, 2.45) is 0 Å². The van der Waals surface area contributed by atoms with Crippen LogP contribution in [0.4, 0.5) is 0 Å². The third-order valence-corrected chi connectivity index (χ3v) is 3.20. The summed E-state index contributed by atoms with van der Waals surface area (Å²) in [7, 11) is 1.60. The first kappa shape index (κ1) is 18.5. The maximum Gasteiger partial charge on any atom is 0.239 e. The fraction of sp³-hybridized carbons (Fsp3) is 0.533. The highest BCUT2D eigenvalue weighted by molar-refractivity contribution is 5.85. The van der Waals surface area contributed by atoms with Crippen LogP contribution < -0.4 is 20.1 Å². The van der Waals surface area contributed by atoms with Gasteiger partial charge in [-0.05, 0) is 19.1 Å². The molecule has 0 aliphatic carbocycles. The summed E-state index contributed by atoms with van der Waals surface area (Å²) >= 11 is 0. The maximum absolute atomic E-state index is 11.9. The van der Waals surface area contributed by atoms with E-state index in [4.69, 9.17) is 14.2 Å². The summed E-state index contributed by atoms with van der Waals surface area (Å²) in [6.45, 7) is 4.09. The standard InChI is InChI=1S/C15H22N2O4.ClH/c1-11(21-14-6-4-3-5-13(14)19-2)9-17-15(18)12-10-20-8-7-16-12;/h3-6,11-12,16H,7-10H2,1-2H3,(H,17,18);1H. The van der Waals surface area contributed by atoms with Gasteiger partial charge in [-0.2, -0.15) is 0 Å². The second kappa shape index (κ2) is 9.50. The van der Waals surface area contributed by atoms with Gasteiger partial charge < -0.3 is 24.8 Å². The fourth-order valence-corrected chi connectivity index (χ4v) is 2.08. The first-order valence-electron chi connectivity index (χ1n) is 7.09. The van der Waals surface area contributed by atoms with Crippen LogP contribution in [0.1, 0.15) is 6.92 Å². The van der Waals surface area contributed by atoms with E-state index in [2.05, 4.69) is 10.6 Å². The Labute approximate surface area is 136 Å². The van der Waals surface area contributed by atoms with Crippen molar-refractivity contribution in [1.29, 1.82) is 0 Å². The normalized spacial score (nSPS) is 18.7. The highest BCUT2D eigenvalue weighted by Crippen LogP contribution is 2.26. The zero-order valence-corrected chi connectivity index (χ0v) is 13.7. The third-order valence-electron chi connectivity index (χ3n) is 3.20. The lowest BCUT2D eigenvalue weighted by molar-refractivity contribution is -0.126. The van der Waals surface area contributed by atoms with Crippen molar-refractivity contribution in [3.63, 3.8) is 0 Å². The van der Waals surface area contributed by atoms with Crippen LogP contribution in [0.5, 0.6) is 11.5 Å². The molecular formula is C15H23ClN2O4. The van der Waals surface area contributed by atoms with E-state index in [0.717, 1.165) is 0 Å². The molecule has 1 heterocycles. The lowest BCUT2D eigenvalue weighted by Crippen LogP contribution is -2.52. The first-order chi connectivity index (χ1) is 10.2. The molecule has 6 nitrogen and oxygen atoms in total. The van der Waals surface area contributed by atoms with Gasteiger partial charge in [0.15, 0.2) is 11.5 Å². The number of hydrogen-bond donors (Lipinski definition) is 2. The zero-order valence-electron chi connectivity index (χ0n) is 12.8. The summed E-state index contributed by atoms with van der Waals surface area (Å²) in [5.41, 5.74) is 0. The molecule has 1 aromatic rings. The van der Waals surface area contributed by atoms with Crippen molar-refractivity contribution in [3.8, 4) is 11.5 Å². The molecule has 0 saturated carbocycles. The van der Waals surface area contributed by atoms with E-state index >= 15 is 0 Å². The number of benzene rings is 1. The van der Waals surface area contributed by atoms with Gasteiger partial charge in [0, 0.05) is 6.54 Å². The Morgan fingerprint density at radius 3 is 2.82 bits per heavy atom. The largest absolute Gasteiger partial charge is 0.493 e. The van der Waals surface area contributed by atoms with E-state index in [1.54, 1.807) is 7.11 Å². The summed E-state index contributed by atoms with van der Waals surface area (Å²) in [4.78, 5) is 11.9. The quantitative estimate of drug-likeness (QED) is 0.814. The number of amides is 1. The molecule has 124 valence electrons. The van der Waals surface area contributed by atoms with Crippen molar-refractivity contribution in [3.05, 3.63) is 24.3 Å². The highest BCUT2D eigenvalue weighted by atomic mass is 35.5. The topological polar surface area (TPSA) is 68.8 Å². The Morgan fingerprint density at radius 1 is 1.45 bits per heavy atom. The lowest BCUT2D eigenvalue weighted by atomic mass is 10.2.